The average molecular weight is 219 g/mol. The summed E-state index contributed by atoms with van der Waals surface area (Å²) in [7, 11) is 1.92. The Bertz CT molecular complexity index is 373. The van der Waals surface area contributed by atoms with Crippen LogP contribution in [0.2, 0.25) is 0 Å². The van der Waals surface area contributed by atoms with Crippen LogP contribution in [0.4, 0.5) is 5.82 Å². The normalized spacial score (nSPS) is 11.6. The van der Waals surface area contributed by atoms with Crippen LogP contribution in [0.15, 0.2) is 18.2 Å². The van der Waals surface area contributed by atoms with E-state index >= 15 is 0 Å². The number of aromatic nitrogens is 1. The Kier molecular flexibility index (Phi) is 4.59. The fourth-order valence-electron chi connectivity index (χ4n) is 1.39. The van der Waals surface area contributed by atoms with E-state index in [-0.39, 0.29) is 5.92 Å². The van der Waals surface area contributed by atoms with Gasteiger partial charge in [-0.2, -0.15) is 10.2 Å². The minimum absolute atomic E-state index is 0.0115. The first kappa shape index (κ1) is 12.3. The van der Waals surface area contributed by atoms with Crippen LogP contribution in [0.3, 0.4) is 0 Å². The Balaban J connectivity index is 2.71. The fraction of sp³-hybridized carbons (Fsp3) is 0.500. The van der Waals surface area contributed by atoms with Gasteiger partial charge >= 0.3 is 0 Å². The molecule has 16 heavy (non-hydrogen) atoms. The highest BCUT2D eigenvalue weighted by Gasteiger charge is 2.08. The van der Waals surface area contributed by atoms with Crippen LogP contribution in [0, 0.1) is 17.2 Å². The molecule has 4 nitrogen and oxygen atoms in total. The van der Waals surface area contributed by atoms with Crippen LogP contribution in [-0.2, 0) is 0 Å². The highest BCUT2D eigenvalue weighted by atomic mass is 16.5. The molecule has 0 aromatic carbocycles. The third kappa shape index (κ3) is 3.43. The third-order valence-corrected chi connectivity index (χ3v) is 2.16. The topological polar surface area (TPSA) is 49.1 Å². The summed E-state index contributed by atoms with van der Waals surface area (Å²) in [5.74, 6) is 1.44. The number of ether oxygens (including phenoxy) is 1. The van der Waals surface area contributed by atoms with E-state index in [1.807, 2.05) is 44.0 Å². The second-order valence-corrected chi connectivity index (χ2v) is 3.68. The van der Waals surface area contributed by atoms with Crippen molar-refractivity contribution < 1.29 is 4.74 Å². The molecule has 1 rings (SSSR count). The molecule has 0 aliphatic heterocycles. The van der Waals surface area contributed by atoms with E-state index < -0.39 is 0 Å². The van der Waals surface area contributed by atoms with Crippen LogP contribution in [0.1, 0.15) is 13.8 Å². The van der Waals surface area contributed by atoms with Gasteiger partial charge in [0.2, 0.25) is 5.88 Å². The lowest BCUT2D eigenvalue weighted by molar-refractivity contribution is 0.327. The summed E-state index contributed by atoms with van der Waals surface area (Å²) in [6.45, 7) is 5.09. The maximum atomic E-state index is 8.75. The summed E-state index contributed by atoms with van der Waals surface area (Å²) < 4.78 is 5.33. The second kappa shape index (κ2) is 5.96. The fourth-order valence-corrected chi connectivity index (χ4v) is 1.39. The van der Waals surface area contributed by atoms with E-state index in [9.17, 15) is 0 Å². The molecule has 0 N–H and O–H groups in total. The van der Waals surface area contributed by atoms with Gasteiger partial charge in [0.25, 0.3) is 0 Å². The van der Waals surface area contributed by atoms with Gasteiger partial charge in [0.1, 0.15) is 5.82 Å². The van der Waals surface area contributed by atoms with Crippen LogP contribution in [0.25, 0.3) is 0 Å². The number of pyridine rings is 1. The van der Waals surface area contributed by atoms with Crippen molar-refractivity contribution in [3.63, 3.8) is 0 Å². The summed E-state index contributed by atoms with van der Waals surface area (Å²) in [5.41, 5.74) is 0. The Hall–Kier alpha value is -1.76. The number of anilines is 1. The van der Waals surface area contributed by atoms with Crippen molar-refractivity contribution in [2.24, 2.45) is 5.92 Å². The van der Waals surface area contributed by atoms with Crippen molar-refractivity contribution >= 4 is 5.82 Å². The molecule has 1 aromatic rings. The second-order valence-electron chi connectivity index (χ2n) is 3.68. The third-order valence-electron chi connectivity index (χ3n) is 2.16. The Morgan fingerprint density at radius 3 is 2.94 bits per heavy atom. The number of nitriles is 1. The Morgan fingerprint density at radius 2 is 2.31 bits per heavy atom. The predicted octanol–water partition coefficient (Wildman–Crippen LogP) is 2.08. The summed E-state index contributed by atoms with van der Waals surface area (Å²) in [4.78, 5) is 6.30. The van der Waals surface area contributed by atoms with Gasteiger partial charge in [-0.15, -0.1) is 0 Å². The zero-order valence-corrected chi connectivity index (χ0v) is 9.97. The van der Waals surface area contributed by atoms with E-state index in [4.69, 9.17) is 10.00 Å². The highest BCUT2D eigenvalue weighted by Crippen LogP contribution is 2.15. The van der Waals surface area contributed by atoms with E-state index in [1.165, 1.54) is 0 Å². The van der Waals surface area contributed by atoms with Crippen LogP contribution >= 0.6 is 0 Å². The van der Waals surface area contributed by atoms with Gasteiger partial charge in [-0.3, -0.25) is 0 Å². The van der Waals surface area contributed by atoms with Crippen molar-refractivity contribution in [1.82, 2.24) is 4.98 Å². The molecule has 1 aromatic heterocycles. The van der Waals surface area contributed by atoms with Gasteiger partial charge < -0.3 is 9.64 Å². The molecule has 0 saturated heterocycles. The molecule has 0 radical (unpaired) electrons. The first-order chi connectivity index (χ1) is 7.67. The van der Waals surface area contributed by atoms with Crippen LogP contribution in [0.5, 0.6) is 5.88 Å². The van der Waals surface area contributed by atoms with Crippen molar-refractivity contribution in [2.45, 2.75) is 13.8 Å². The quantitative estimate of drug-likeness (QED) is 0.760. The van der Waals surface area contributed by atoms with Gasteiger partial charge in [-0.1, -0.05) is 6.07 Å². The maximum absolute atomic E-state index is 8.75. The maximum Gasteiger partial charge on any atom is 0.215 e. The van der Waals surface area contributed by atoms with Gasteiger partial charge in [0.15, 0.2) is 0 Å². The molecular formula is C12H17N3O. The molecule has 0 aliphatic rings. The number of hydrogen-bond donors (Lipinski definition) is 0. The highest BCUT2D eigenvalue weighted by molar-refractivity contribution is 5.39. The Morgan fingerprint density at radius 1 is 1.56 bits per heavy atom. The minimum atomic E-state index is -0.0115. The van der Waals surface area contributed by atoms with Gasteiger partial charge in [0.05, 0.1) is 18.6 Å². The van der Waals surface area contributed by atoms with E-state index in [0.717, 1.165) is 5.82 Å². The van der Waals surface area contributed by atoms with Gasteiger partial charge in [0, 0.05) is 19.7 Å². The molecule has 0 fully saturated rings. The smallest absolute Gasteiger partial charge is 0.215 e. The molecule has 1 heterocycles. The van der Waals surface area contributed by atoms with Crippen molar-refractivity contribution in [3.05, 3.63) is 18.2 Å². The lowest BCUT2D eigenvalue weighted by Gasteiger charge is -2.19. The lowest BCUT2D eigenvalue weighted by Crippen LogP contribution is -2.24. The number of rotatable bonds is 5. The Labute approximate surface area is 96.5 Å². The molecule has 4 heteroatoms. The minimum Gasteiger partial charge on any atom is -0.478 e. The largest absolute Gasteiger partial charge is 0.478 e. The zero-order valence-electron chi connectivity index (χ0n) is 9.97. The zero-order chi connectivity index (χ0) is 12.0. The molecule has 0 bridgehead atoms. The first-order valence-electron chi connectivity index (χ1n) is 5.38. The molecular weight excluding hydrogens is 202 g/mol. The summed E-state index contributed by atoms with van der Waals surface area (Å²) in [6, 6.07) is 7.85. The van der Waals surface area contributed by atoms with Crippen LogP contribution in [-0.4, -0.2) is 25.2 Å². The molecule has 0 saturated carbocycles. The van der Waals surface area contributed by atoms with Crippen LogP contribution < -0.4 is 9.64 Å². The molecule has 1 unspecified atom stereocenters. The molecule has 0 amide bonds. The molecule has 86 valence electrons. The van der Waals surface area contributed by atoms with Crippen molar-refractivity contribution in [3.8, 4) is 11.9 Å². The van der Waals surface area contributed by atoms with Gasteiger partial charge in [-0.05, 0) is 19.9 Å². The van der Waals surface area contributed by atoms with Gasteiger partial charge in [-0.25, -0.2) is 0 Å². The standard InChI is InChI=1S/C12H17N3O/c1-4-16-12-7-5-6-11(14-12)15(3)9-10(2)8-13/h5-7,10H,4,9H2,1-3H3. The van der Waals surface area contributed by atoms with E-state index in [0.29, 0.717) is 19.0 Å². The first-order valence-corrected chi connectivity index (χ1v) is 5.38. The van der Waals surface area contributed by atoms with Crippen molar-refractivity contribution in [1.29, 1.82) is 5.26 Å². The summed E-state index contributed by atoms with van der Waals surface area (Å²) in [6.07, 6.45) is 0. The lowest BCUT2D eigenvalue weighted by atomic mass is 10.2. The van der Waals surface area contributed by atoms with Crippen molar-refractivity contribution in [2.75, 3.05) is 25.1 Å². The van der Waals surface area contributed by atoms with E-state index in [2.05, 4.69) is 11.1 Å². The summed E-state index contributed by atoms with van der Waals surface area (Å²) in [5, 5.41) is 8.75. The summed E-state index contributed by atoms with van der Waals surface area (Å²) >= 11 is 0. The molecule has 0 spiro atoms. The molecule has 1 atom stereocenters. The average Bonchev–Trinajstić information content (AvgIpc) is 2.29. The number of hydrogen-bond acceptors (Lipinski definition) is 4. The monoisotopic (exact) mass is 219 g/mol. The SMILES string of the molecule is CCOc1cccc(N(C)CC(C)C#N)n1. The van der Waals surface area contributed by atoms with E-state index in [1.54, 1.807) is 0 Å². The number of nitrogens with zero attached hydrogens (tertiary/aromatic N) is 3. The predicted molar refractivity (Wildman–Crippen MR) is 63.5 cm³/mol. The molecule has 0 aliphatic carbocycles.